The summed E-state index contributed by atoms with van der Waals surface area (Å²) in [5.74, 6) is 0.147. The Labute approximate surface area is 147 Å². The minimum atomic E-state index is -0.349. The maximum absolute atomic E-state index is 12.2. The summed E-state index contributed by atoms with van der Waals surface area (Å²) in [5.41, 5.74) is 1.19. The van der Waals surface area contributed by atoms with Gasteiger partial charge in [-0.1, -0.05) is 41.7 Å². The molecule has 2 heterocycles. The van der Waals surface area contributed by atoms with E-state index < -0.39 is 0 Å². The number of hydrogen-bond acceptors (Lipinski definition) is 6. The smallest absolute Gasteiger partial charge is 0.267 e. The molecule has 0 atom stereocenters. The third-order valence-electron chi connectivity index (χ3n) is 3.84. The number of nitrogens with one attached hydrogen (secondary N) is 1. The summed E-state index contributed by atoms with van der Waals surface area (Å²) < 4.78 is 1.15. The Morgan fingerprint density at radius 2 is 1.96 bits per heavy atom. The number of nitrogens with zero attached hydrogens (tertiary/aromatic N) is 4. The van der Waals surface area contributed by atoms with Gasteiger partial charge < -0.3 is 0 Å². The molecule has 126 valence electrons. The van der Waals surface area contributed by atoms with E-state index in [4.69, 9.17) is 0 Å². The zero-order valence-electron chi connectivity index (χ0n) is 13.3. The number of amides is 1. The second kappa shape index (κ2) is 6.56. The van der Waals surface area contributed by atoms with Gasteiger partial charge in [-0.25, -0.2) is 4.68 Å². The van der Waals surface area contributed by atoms with Gasteiger partial charge in [0.2, 0.25) is 11.0 Å². The molecular weight excluding hydrogens is 338 g/mol. The van der Waals surface area contributed by atoms with E-state index in [-0.39, 0.29) is 18.0 Å². The highest BCUT2D eigenvalue weighted by molar-refractivity contribution is 7.15. The van der Waals surface area contributed by atoms with Crippen LogP contribution in [0.1, 0.15) is 23.8 Å². The van der Waals surface area contributed by atoms with Crippen LogP contribution < -0.4 is 10.9 Å². The monoisotopic (exact) mass is 353 g/mol. The number of aromatic nitrogens is 4. The molecule has 0 saturated heterocycles. The fourth-order valence-corrected chi connectivity index (χ4v) is 3.33. The topological polar surface area (TPSA) is 89.8 Å². The van der Waals surface area contributed by atoms with Crippen LogP contribution in [0.25, 0.3) is 11.3 Å². The first kappa shape index (κ1) is 15.6. The van der Waals surface area contributed by atoms with Gasteiger partial charge in [0.05, 0.1) is 5.69 Å². The second-order valence-electron chi connectivity index (χ2n) is 5.85. The van der Waals surface area contributed by atoms with E-state index in [0.29, 0.717) is 16.7 Å². The lowest BCUT2D eigenvalue weighted by Gasteiger charge is -2.06. The number of hydrogen-bond donors (Lipinski definition) is 1. The number of anilines is 1. The average Bonchev–Trinajstić information content (AvgIpc) is 3.37. The maximum atomic E-state index is 12.2. The highest BCUT2D eigenvalue weighted by atomic mass is 32.1. The molecule has 0 unspecified atom stereocenters. The van der Waals surface area contributed by atoms with E-state index >= 15 is 0 Å². The van der Waals surface area contributed by atoms with Gasteiger partial charge in [-0.2, -0.15) is 5.10 Å². The molecule has 1 aliphatic carbocycles. The van der Waals surface area contributed by atoms with Crippen molar-refractivity contribution in [1.29, 1.82) is 0 Å². The molecule has 0 aliphatic heterocycles. The van der Waals surface area contributed by atoms with Crippen molar-refractivity contribution in [3.8, 4) is 11.3 Å². The largest absolute Gasteiger partial charge is 0.299 e. The van der Waals surface area contributed by atoms with Crippen molar-refractivity contribution in [2.75, 3.05) is 5.32 Å². The summed E-state index contributed by atoms with van der Waals surface area (Å²) in [5, 5.41) is 16.4. The van der Waals surface area contributed by atoms with Gasteiger partial charge in [-0.15, -0.1) is 10.2 Å². The van der Waals surface area contributed by atoms with Gasteiger partial charge in [0, 0.05) is 17.5 Å². The maximum Gasteiger partial charge on any atom is 0.267 e. The van der Waals surface area contributed by atoms with E-state index in [9.17, 15) is 9.59 Å². The van der Waals surface area contributed by atoms with E-state index in [1.54, 1.807) is 6.07 Å². The highest BCUT2D eigenvalue weighted by Gasteiger charge is 2.27. The fraction of sp³-hybridized carbons (Fsp3) is 0.235. The predicted molar refractivity (Wildman–Crippen MR) is 94.4 cm³/mol. The van der Waals surface area contributed by atoms with Crippen LogP contribution in [0.3, 0.4) is 0 Å². The predicted octanol–water partition coefficient (Wildman–Crippen LogP) is 2.28. The lowest BCUT2D eigenvalue weighted by atomic mass is 10.1. The molecule has 3 aromatic rings. The summed E-state index contributed by atoms with van der Waals surface area (Å²) in [6.45, 7) is -0.169. The lowest BCUT2D eigenvalue weighted by Crippen LogP contribution is -2.29. The van der Waals surface area contributed by atoms with Crippen LogP contribution in [-0.2, 0) is 11.3 Å². The van der Waals surface area contributed by atoms with Gasteiger partial charge in [-0.05, 0) is 18.9 Å². The molecule has 0 bridgehead atoms. The molecule has 1 aliphatic rings. The van der Waals surface area contributed by atoms with Crippen LogP contribution in [-0.4, -0.2) is 25.9 Å². The molecule has 1 N–H and O–H groups in total. The Bertz CT molecular complexity index is 962. The molecule has 1 fully saturated rings. The summed E-state index contributed by atoms with van der Waals surface area (Å²) in [4.78, 5) is 24.2. The van der Waals surface area contributed by atoms with Crippen molar-refractivity contribution in [2.45, 2.75) is 25.3 Å². The Kier molecular flexibility index (Phi) is 4.10. The van der Waals surface area contributed by atoms with Crippen LogP contribution in [0.4, 0.5) is 5.13 Å². The Morgan fingerprint density at radius 3 is 2.72 bits per heavy atom. The van der Waals surface area contributed by atoms with Gasteiger partial charge in [-0.3, -0.25) is 14.9 Å². The Balaban J connectivity index is 1.49. The molecule has 0 spiro atoms. The van der Waals surface area contributed by atoms with E-state index in [1.165, 1.54) is 17.4 Å². The van der Waals surface area contributed by atoms with Crippen molar-refractivity contribution >= 4 is 22.4 Å². The molecule has 7 nitrogen and oxygen atoms in total. The molecular formula is C17H15N5O2S. The van der Waals surface area contributed by atoms with Gasteiger partial charge in [0.25, 0.3) is 5.56 Å². The lowest BCUT2D eigenvalue weighted by molar-refractivity contribution is -0.117. The molecule has 1 amide bonds. The van der Waals surface area contributed by atoms with Gasteiger partial charge in [0.15, 0.2) is 0 Å². The highest BCUT2D eigenvalue weighted by Crippen LogP contribution is 2.41. The third kappa shape index (κ3) is 3.63. The Hall–Kier alpha value is -2.87. The molecule has 2 aromatic heterocycles. The van der Waals surface area contributed by atoms with Crippen LogP contribution in [0.2, 0.25) is 0 Å². The number of benzene rings is 1. The Morgan fingerprint density at radius 1 is 1.16 bits per heavy atom. The summed E-state index contributed by atoms with van der Waals surface area (Å²) in [7, 11) is 0. The third-order valence-corrected chi connectivity index (χ3v) is 4.84. The first-order valence-electron chi connectivity index (χ1n) is 7.96. The average molecular weight is 353 g/mol. The summed E-state index contributed by atoms with van der Waals surface area (Å²) in [6, 6.07) is 12.6. The zero-order chi connectivity index (χ0) is 17.2. The zero-order valence-corrected chi connectivity index (χ0v) is 14.1. The number of rotatable bonds is 5. The van der Waals surface area contributed by atoms with Gasteiger partial charge >= 0.3 is 0 Å². The summed E-state index contributed by atoms with van der Waals surface area (Å²) >= 11 is 1.38. The van der Waals surface area contributed by atoms with Crippen molar-refractivity contribution < 1.29 is 4.79 Å². The second-order valence-corrected chi connectivity index (χ2v) is 6.86. The van der Waals surface area contributed by atoms with Crippen molar-refractivity contribution in [3.63, 3.8) is 0 Å². The minimum Gasteiger partial charge on any atom is -0.299 e. The minimum absolute atomic E-state index is 0.169. The standard InChI is InChI=1S/C17H15N5O2S/c23-14(18-17-20-19-16(25-17)12-6-7-12)10-22-15(24)9-8-13(21-22)11-4-2-1-3-5-11/h1-5,8-9,12H,6-7,10H2,(H,18,20,23). The van der Waals surface area contributed by atoms with Crippen molar-refractivity contribution in [1.82, 2.24) is 20.0 Å². The molecule has 8 heteroatoms. The first-order chi connectivity index (χ1) is 12.2. The number of carbonyl (C=O) groups excluding carboxylic acids is 1. The molecule has 1 saturated carbocycles. The van der Waals surface area contributed by atoms with Crippen LogP contribution >= 0.6 is 11.3 Å². The molecule has 1 aromatic carbocycles. The molecule has 25 heavy (non-hydrogen) atoms. The quantitative estimate of drug-likeness (QED) is 0.760. The first-order valence-corrected chi connectivity index (χ1v) is 8.77. The van der Waals surface area contributed by atoms with Crippen LogP contribution in [0.5, 0.6) is 0 Å². The van der Waals surface area contributed by atoms with E-state index in [1.807, 2.05) is 30.3 Å². The summed E-state index contributed by atoms with van der Waals surface area (Å²) in [6.07, 6.45) is 2.27. The van der Waals surface area contributed by atoms with Crippen molar-refractivity contribution in [3.05, 3.63) is 57.8 Å². The number of carbonyl (C=O) groups is 1. The van der Waals surface area contributed by atoms with Crippen molar-refractivity contribution in [2.24, 2.45) is 0 Å². The van der Waals surface area contributed by atoms with E-state index in [2.05, 4.69) is 20.6 Å². The van der Waals surface area contributed by atoms with Gasteiger partial charge in [0.1, 0.15) is 11.6 Å². The SMILES string of the molecule is O=C(Cn1nc(-c2ccccc2)ccc1=O)Nc1nnc(C2CC2)s1. The molecule has 4 rings (SSSR count). The molecule has 0 radical (unpaired) electrons. The van der Waals surface area contributed by atoms with E-state index in [0.717, 1.165) is 28.1 Å². The van der Waals surface area contributed by atoms with Crippen LogP contribution in [0, 0.1) is 0 Å². The normalized spacial score (nSPS) is 13.6. The fourth-order valence-electron chi connectivity index (χ4n) is 2.40. The van der Waals surface area contributed by atoms with Crippen LogP contribution in [0.15, 0.2) is 47.3 Å².